The van der Waals surface area contributed by atoms with E-state index in [0.717, 1.165) is 16.1 Å². The van der Waals surface area contributed by atoms with Crippen LogP contribution in [-0.4, -0.2) is 40.5 Å². The van der Waals surface area contributed by atoms with Gasteiger partial charge in [0.1, 0.15) is 5.75 Å². The molecular weight excluding hydrogens is 384 g/mol. The Hall–Kier alpha value is -2.94. The van der Waals surface area contributed by atoms with E-state index < -0.39 is 16.1 Å². The van der Waals surface area contributed by atoms with Crippen LogP contribution in [0.3, 0.4) is 0 Å². The second-order valence-electron chi connectivity index (χ2n) is 6.39. The van der Waals surface area contributed by atoms with Gasteiger partial charge >= 0.3 is 0 Å². The normalized spacial score (nSPS) is 13.7. The summed E-state index contributed by atoms with van der Waals surface area (Å²) in [5.41, 5.74) is 1.40. The van der Waals surface area contributed by atoms with Gasteiger partial charge in [0.25, 0.3) is 5.91 Å². The van der Waals surface area contributed by atoms with Crippen molar-refractivity contribution in [2.75, 3.05) is 24.4 Å². The molecule has 8 nitrogen and oxygen atoms in total. The molecule has 0 spiro atoms. The predicted molar refractivity (Wildman–Crippen MR) is 104 cm³/mol. The monoisotopic (exact) mass is 406 g/mol. The third-order valence-corrected chi connectivity index (χ3v) is 5.49. The van der Waals surface area contributed by atoms with Crippen molar-refractivity contribution < 1.29 is 27.4 Å². The molecule has 0 fully saturated rings. The number of amides is 1. The van der Waals surface area contributed by atoms with Crippen LogP contribution in [0, 0.1) is 0 Å². The van der Waals surface area contributed by atoms with Gasteiger partial charge in [-0.2, -0.15) is 0 Å². The largest absolute Gasteiger partial charge is 0.481 e. The molecular formula is C19H22N2O6S. The van der Waals surface area contributed by atoms with Crippen LogP contribution in [0.4, 0.5) is 5.69 Å². The fourth-order valence-electron chi connectivity index (χ4n) is 2.57. The maximum atomic E-state index is 12.3. The lowest BCUT2D eigenvalue weighted by molar-refractivity contribution is -0.127. The molecule has 0 bridgehead atoms. The maximum absolute atomic E-state index is 12.3. The number of sulfonamides is 1. The number of rotatable bonds is 7. The highest BCUT2D eigenvalue weighted by Crippen LogP contribution is 2.32. The molecule has 28 heavy (non-hydrogen) atoms. The van der Waals surface area contributed by atoms with Gasteiger partial charge in [0.05, 0.1) is 11.9 Å². The molecule has 2 aromatic rings. The number of nitrogens with one attached hydrogen (secondary N) is 1. The van der Waals surface area contributed by atoms with E-state index in [1.807, 2.05) is 12.1 Å². The van der Waals surface area contributed by atoms with Crippen LogP contribution < -0.4 is 23.8 Å². The van der Waals surface area contributed by atoms with E-state index in [1.54, 1.807) is 37.3 Å². The smallest absolute Gasteiger partial charge is 0.261 e. The lowest BCUT2D eigenvalue weighted by Gasteiger charge is -2.18. The fraction of sp³-hybridized carbons (Fsp3) is 0.316. The number of fused-ring (bicyclic) bond motifs is 1. The molecule has 9 heteroatoms. The molecule has 1 aliphatic heterocycles. The molecule has 0 radical (unpaired) electrons. The number of nitrogens with zero attached hydrogens (tertiary/aromatic N) is 1. The molecule has 150 valence electrons. The second kappa shape index (κ2) is 7.97. The highest BCUT2D eigenvalue weighted by atomic mass is 32.2. The highest BCUT2D eigenvalue weighted by molar-refractivity contribution is 7.92. The zero-order valence-electron chi connectivity index (χ0n) is 15.8. The number of carbonyl (C=O) groups is 1. The van der Waals surface area contributed by atoms with Crippen LogP contribution in [0.5, 0.6) is 17.2 Å². The lowest BCUT2D eigenvalue weighted by atomic mass is 10.2. The van der Waals surface area contributed by atoms with Gasteiger partial charge in [-0.05, 0) is 48.9 Å². The van der Waals surface area contributed by atoms with Crippen LogP contribution in [0.2, 0.25) is 0 Å². The van der Waals surface area contributed by atoms with Crippen molar-refractivity contribution >= 4 is 21.6 Å². The van der Waals surface area contributed by atoms with E-state index >= 15 is 0 Å². The first-order valence-corrected chi connectivity index (χ1v) is 10.5. The van der Waals surface area contributed by atoms with Gasteiger partial charge in [-0.3, -0.25) is 9.10 Å². The van der Waals surface area contributed by atoms with Crippen molar-refractivity contribution in [1.29, 1.82) is 0 Å². The van der Waals surface area contributed by atoms with Gasteiger partial charge in [-0.25, -0.2) is 8.42 Å². The van der Waals surface area contributed by atoms with Gasteiger partial charge in [0.15, 0.2) is 17.6 Å². The van der Waals surface area contributed by atoms with Crippen LogP contribution >= 0.6 is 0 Å². The van der Waals surface area contributed by atoms with Crippen molar-refractivity contribution in [1.82, 2.24) is 5.32 Å². The summed E-state index contributed by atoms with van der Waals surface area (Å²) < 4.78 is 40.5. The van der Waals surface area contributed by atoms with Gasteiger partial charge in [0, 0.05) is 13.6 Å². The number of hydrogen-bond donors (Lipinski definition) is 1. The third kappa shape index (κ3) is 4.66. The van der Waals surface area contributed by atoms with E-state index in [4.69, 9.17) is 14.2 Å². The summed E-state index contributed by atoms with van der Waals surface area (Å²) in [6.45, 7) is 2.18. The van der Waals surface area contributed by atoms with Gasteiger partial charge in [0.2, 0.25) is 16.8 Å². The number of anilines is 1. The highest BCUT2D eigenvalue weighted by Gasteiger charge is 2.17. The molecule has 1 N–H and O–H groups in total. The van der Waals surface area contributed by atoms with Crippen molar-refractivity contribution in [3.63, 3.8) is 0 Å². The zero-order valence-corrected chi connectivity index (χ0v) is 16.7. The molecule has 3 rings (SSSR count). The molecule has 1 amide bonds. The average Bonchev–Trinajstić information content (AvgIpc) is 3.13. The Morgan fingerprint density at radius 1 is 1.18 bits per heavy atom. The SMILES string of the molecule is C[C@@H](Oc1ccc(N(C)S(C)(=O)=O)cc1)C(=O)NCc1ccc2c(c1)OCO2. The standard InChI is InChI=1S/C19H22N2O6S/c1-13(27-16-7-5-15(6-8-16)21(2)28(3,23)24)19(22)20-11-14-4-9-17-18(10-14)26-12-25-17/h4-10,13H,11-12H2,1-3H3,(H,20,22)/t13-/m1/s1. The van der Waals surface area contributed by atoms with E-state index in [-0.39, 0.29) is 12.7 Å². The van der Waals surface area contributed by atoms with E-state index in [2.05, 4.69) is 5.32 Å². The lowest BCUT2D eigenvalue weighted by Crippen LogP contribution is -2.35. The van der Waals surface area contributed by atoms with Crippen LogP contribution in [0.1, 0.15) is 12.5 Å². The Morgan fingerprint density at radius 2 is 1.86 bits per heavy atom. The molecule has 0 aliphatic carbocycles. The van der Waals surface area contributed by atoms with Crippen molar-refractivity contribution in [3.05, 3.63) is 48.0 Å². The minimum atomic E-state index is -3.33. The molecule has 1 atom stereocenters. The third-order valence-electron chi connectivity index (χ3n) is 4.28. The summed E-state index contributed by atoms with van der Waals surface area (Å²) in [7, 11) is -1.86. The first-order valence-electron chi connectivity index (χ1n) is 8.61. The average molecular weight is 406 g/mol. The molecule has 2 aromatic carbocycles. The fourth-order valence-corrected chi connectivity index (χ4v) is 3.07. The summed E-state index contributed by atoms with van der Waals surface area (Å²) in [5, 5.41) is 2.81. The second-order valence-corrected chi connectivity index (χ2v) is 8.40. The maximum Gasteiger partial charge on any atom is 0.261 e. The van der Waals surface area contributed by atoms with Crippen molar-refractivity contribution in [3.8, 4) is 17.2 Å². The summed E-state index contributed by atoms with van der Waals surface area (Å²) in [4.78, 5) is 12.3. The first kappa shape index (κ1) is 19.8. The molecule has 0 unspecified atom stereocenters. The number of ether oxygens (including phenoxy) is 3. The topological polar surface area (TPSA) is 94.2 Å². The summed E-state index contributed by atoms with van der Waals surface area (Å²) in [6, 6.07) is 12.0. The van der Waals surface area contributed by atoms with E-state index in [1.165, 1.54) is 7.05 Å². The summed E-state index contributed by atoms with van der Waals surface area (Å²) in [6.07, 6.45) is 0.414. The Morgan fingerprint density at radius 3 is 2.54 bits per heavy atom. The Bertz CT molecular complexity index is 959. The molecule has 0 saturated heterocycles. The number of carbonyl (C=O) groups excluding carboxylic acids is 1. The Kier molecular flexibility index (Phi) is 5.64. The van der Waals surface area contributed by atoms with Crippen LogP contribution in [0.15, 0.2) is 42.5 Å². The van der Waals surface area contributed by atoms with Crippen molar-refractivity contribution in [2.45, 2.75) is 19.6 Å². The Labute approximate surface area is 164 Å². The Balaban J connectivity index is 1.54. The quantitative estimate of drug-likeness (QED) is 0.755. The molecule has 0 saturated carbocycles. The van der Waals surface area contributed by atoms with Crippen LogP contribution in [0.25, 0.3) is 0 Å². The summed E-state index contributed by atoms with van der Waals surface area (Å²) in [5.74, 6) is 1.55. The minimum absolute atomic E-state index is 0.203. The van der Waals surface area contributed by atoms with Gasteiger partial charge in [-0.1, -0.05) is 6.07 Å². The predicted octanol–water partition coefficient (Wildman–Crippen LogP) is 1.89. The first-order chi connectivity index (χ1) is 13.2. The minimum Gasteiger partial charge on any atom is -0.481 e. The zero-order chi connectivity index (χ0) is 20.3. The summed E-state index contributed by atoms with van der Waals surface area (Å²) >= 11 is 0. The van der Waals surface area contributed by atoms with E-state index in [0.29, 0.717) is 29.5 Å². The number of benzene rings is 2. The number of hydrogen-bond acceptors (Lipinski definition) is 6. The molecule has 1 aliphatic rings. The van der Waals surface area contributed by atoms with E-state index in [9.17, 15) is 13.2 Å². The molecule has 1 heterocycles. The van der Waals surface area contributed by atoms with Gasteiger partial charge in [-0.15, -0.1) is 0 Å². The van der Waals surface area contributed by atoms with Gasteiger partial charge < -0.3 is 19.5 Å². The van der Waals surface area contributed by atoms with Crippen molar-refractivity contribution in [2.24, 2.45) is 0 Å². The van der Waals surface area contributed by atoms with Crippen LogP contribution in [-0.2, 0) is 21.4 Å². The molecule has 0 aromatic heterocycles.